The Morgan fingerprint density at radius 1 is 1.24 bits per heavy atom. The summed E-state index contributed by atoms with van der Waals surface area (Å²) in [6, 6.07) is 1.06. The Hall–Kier alpha value is -1.43. The third-order valence-electron chi connectivity index (χ3n) is 5.14. The lowest BCUT2D eigenvalue weighted by Crippen LogP contribution is -2.39. The van der Waals surface area contributed by atoms with E-state index in [0.717, 1.165) is 16.8 Å². The van der Waals surface area contributed by atoms with Gasteiger partial charge in [-0.25, -0.2) is 9.69 Å². The van der Waals surface area contributed by atoms with Gasteiger partial charge in [0.1, 0.15) is 6.04 Å². The number of hydrogen-bond donors (Lipinski definition) is 1. The summed E-state index contributed by atoms with van der Waals surface area (Å²) in [5.41, 5.74) is 0.525. The van der Waals surface area contributed by atoms with Crippen LogP contribution in [0.4, 0.5) is 10.5 Å². The Morgan fingerprint density at radius 2 is 2.10 bits per heavy atom. The highest BCUT2D eigenvalue weighted by Crippen LogP contribution is 2.50. The molecule has 1 N–H and O–H groups in total. The van der Waals surface area contributed by atoms with Crippen molar-refractivity contribution < 1.29 is 9.59 Å². The van der Waals surface area contributed by atoms with E-state index >= 15 is 0 Å². The molecule has 4 unspecified atom stereocenters. The molecule has 3 amide bonds. The van der Waals surface area contributed by atoms with E-state index in [1.54, 1.807) is 18.5 Å². The molecule has 0 radical (unpaired) electrons. The minimum Gasteiger partial charge on any atom is -0.325 e. The maximum absolute atomic E-state index is 12.7. The van der Waals surface area contributed by atoms with Crippen molar-refractivity contribution in [2.45, 2.75) is 31.7 Å². The number of aromatic nitrogens is 1. The molecule has 4 rings (SSSR count). The molecule has 0 aromatic carbocycles. The van der Waals surface area contributed by atoms with Gasteiger partial charge in [0, 0.05) is 10.7 Å². The Morgan fingerprint density at radius 3 is 2.76 bits per heavy atom. The summed E-state index contributed by atoms with van der Waals surface area (Å²) >= 11 is 3.32. The van der Waals surface area contributed by atoms with Crippen LogP contribution in [0.5, 0.6) is 0 Å². The molecule has 1 aliphatic heterocycles. The van der Waals surface area contributed by atoms with E-state index in [4.69, 9.17) is 0 Å². The summed E-state index contributed by atoms with van der Waals surface area (Å²) < 4.78 is 0.754. The third-order valence-corrected chi connectivity index (χ3v) is 5.57. The summed E-state index contributed by atoms with van der Waals surface area (Å²) in [6.07, 6.45) is 7.97. The minimum atomic E-state index is -0.355. The van der Waals surface area contributed by atoms with E-state index in [-0.39, 0.29) is 18.0 Å². The van der Waals surface area contributed by atoms with Gasteiger partial charge in [0.2, 0.25) is 0 Å². The summed E-state index contributed by atoms with van der Waals surface area (Å²) in [6.45, 7) is 0. The molecule has 2 saturated carbocycles. The van der Waals surface area contributed by atoms with Crippen LogP contribution in [0.25, 0.3) is 0 Å². The molecule has 2 bridgehead atoms. The van der Waals surface area contributed by atoms with E-state index in [1.807, 2.05) is 0 Å². The first kappa shape index (κ1) is 13.2. The van der Waals surface area contributed by atoms with Crippen molar-refractivity contribution >= 4 is 33.6 Å². The van der Waals surface area contributed by atoms with E-state index in [9.17, 15) is 9.59 Å². The minimum absolute atomic E-state index is 0.127. The van der Waals surface area contributed by atoms with Crippen molar-refractivity contribution in [2.75, 3.05) is 4.90 Å². The lowest BCUT2D eigenvalue weighted by atomic mass is 9.83. The van der Waals surface area contributed by atoms with Crippen LogP contribution in [0, 0.1) is 17.8 Å². The molecule has 3 aliphatic rings. The van der Waals surface area contributed by atoms with Crippen LogP contribution in [-0.2, 0) is 4.79 Å². The molecule has 110 valence electrons. The molecule has 1 saturated heterocycles. The number of pyridine rings is 1. The van der Waals surface area contributed by atoms with Crippen molar-refractivity contribution in [3.63, 3.8) is 0 Å². The molecule has 1 aromatic heterocycles. The molecule has 6 heteroatoms. The topological polar surface area (TPSA) is 62.3 Å². The largest absolute Gasteiger partial charge is 0.329 e. The van der Waals surface area contributed by atoms with E-state index in [1.165, 1.54) is 24.2 Å². The highest BCUT2D eigenvalue weighted by Gasteiger charge is 2.50. The average Bonchev–Trinajstić information content (AvgIpc) is 3.13. The van der Waals surface area contributed by atoms with Gasteiger partial charge in [0.05, 0.1) is 11.9 Å². The number of carbonyl (C=O) groups excluding carboxylic acids is 2. The Labute approximate surface area is 131 Å². The number of halogens is 1. The van der Waals surface area contributed by atoms with Crippen LogP contribution >= 0.6 is 15.9 Å². The summed E-state index contributed by atoms with van der Waals surface area (Å²) in [4.78, 5) is 30.2. The lowest BCUT2D eigenvalue weighted by molar-refractivity contribution is -0.119. The van der Waals surface area contributed by atoms with E-state index in [0.29, 0.717) is 17.5 Å². The fourth-order valence-corrected chi connectivity index (χ4v) is 4.61. The highest BCUT2D eigenvalue weighted by molar-refractivity contribution is 9.10. The fourth-order valence-electron chi connectivity index (χ4n) is 4.26. The van der Waals surface area contributed by atoms with Crippen LogP contribution < -0.4 is 10.2 Å². The molecule has 4 atom stereocenters. The van der Waals surface area contributed by atoms with Crippen molar-refractivity contribution in [1.29, 1.82) is 0 Å². The second kappa shape index (κ2) is 4.80. The predicted octanol–water partition coefficient (Wildman–Crippen LogP) is 2.71. The van der Waals surface area contributed by atoms with Gasteiger partial charge in [-0.2, -0.15) is 0 Å². The average molecular weight is 350 g/mol. The van der Waals surface area contributed by atoms with E-state index in [2.05, 4.69) is 26.2 Å². The Kier molecular flexibility index (Phi) is 3.03. The third kappa shape index (κ3) is 2.08. The predicted molar refractivity (Wildman–Crippen MR) is 80.7 cm³/mol. The van der Waals surface area contributed by atoms with Crippen LogP contribution in [0.15, 0.2) is 22.9 Å². The summed E-state index contributed by atoms with van der Waals surface area (Å²) in [7, 11) is 0. The number of hydrogen-bond acceptors (Lipinski definition) is 3. The van der Waals surface area contributed by atoms with E-state index < -0.39 is 0 Å². The standard InChI is InChI=1S/C15H16BrN3O2/c16-10-5-11(7-17-6-10)19-14(20)13(18-15(19)21)12-4-8-1-2-9(12)3-8/h5-9,12-13H,1-4H2,(H,18,21). The van der Waals surface area contributed by atoms with Gasteiger partial charge >= 0.3 is 6.03 Å². The molecule has 5 nitrogen and oxygen atoms in total. The lowest BCUT2D eigenvalue weighted by Gasteiger charge is -2.25. The summed E-state index contributed by atoms with van der Waals surface area (Å²) in [5, 5.41) is 2.89. The van der Waals surface area contributed by atoms with Crippen LogP contribution in [0.3, 0.4) is 0 Å². The highest BCUT2D eigenvalue weighted by atomic mass is 79.9. The van der Waals surface area contributed by atoms with Gasteiger partial charge in [-0.15, -0.1) is 0 Å². The Bertz CT molecular complexity index is 621. The zero-order chi connectivity index (χ0) is 14.6. The molecule has 0 spiro atoms. The maximum Gasteiger partial charge on any atom is 0.329 e. The zero-order valence-electron chi connectivity index (χ0n) is 11.5. The first-order valence-corrected chi connectivity index (χ1v) is 8.18. The van der Waals surface area contributed by atoms with Gasteiger partial charge in [-0.3, -0.25) is 9.78 Å². The molecular weight excluding hydrogens is 334 g/mol. The number of imide groups is 1. The second-order valence-electron chi connectivity index (χ2n) is 6.30. The van der Waals surface area contributed by atoms with Crippen molar-refractivity contribution in [3.05, 3.63) is 22.9 Å². The normalized spacial score (nSPS) is 34.6. The number of fused-ring (bicyclic) bond motifs is 2. The van der Waals surface area contributed by atoms with Gasteiger partial charge in [-0.1, -0.05) is 6.42 Å². The molecular formula is C15H16BrN3O2. The number of nitrogens with zero attached hydrogens (tertiary/aromatic N) is 2. The smallest absolute Gasteiger partial charge is 0.325 e. The molecule has 21 heavy (non-hydrogen) atoms. The second-order valence-corrected chi connectivity index (χ2v) is 7.22. The van der Waals surface area contributed by atoms with Crippen molar-refractivity contribution in [2.24, 2.45) is 17.8 Å². The molecule has 3 fully saturated rings. The number of anilines is 1. The maximum atomic E-state index is 12.7. The van der Waals surface area contributed by atoms with Crippen LogP contribution in [0.2, 0.25) is 0 Å². The zero-order valence-corrected chi connectivity index (χ0v) is 13.0. The number of carbonyl (C=O) groups is 2. The quantitative estimate of drug-likeness (QED) is 0.835. The first-order chi connectivity index (χ1) is 10.1. The van der Waals surface area contributed by atoms with Crippen molar-refractivity contribution in [1.82, 2.24) is 10.3 Å². The number of nitrogens with one attached hydrogen (secondary N) is 1. The number of rotatable bonds is 2. The van der Waals surface area contributed by atoms with Gasteiger partial charge in [0.25, 0.3) is 5.91 Å². The molecule has 1 aromatic rings. The van der Waals surface area contributed by atoms with Gasteiger partial charge < -0.3 is 5.32 Å². The SMILES string of the molecule is O=C1NC(C2CC3CCC2C3)C(=O)N1c1cncc(Br)c1. The number of amides is 3. The Balaban J connectivity index is 1.60. The molecule has 2 heterocycles. The van der Waals surface area contributed by atoms with Gasteiger partial charge in [-0.05, 0) is 59.0 Å². The summed E-state index contributed by atoms with van der Waals surface area (Å²) in [5.74, 6) is 1.54. The monoisotopic (exact) mass is 349 g/mol. The molecule has 2 aliphatic carbocycles. The van der Waals surface area contributed by atoms with Crippen LogP contribution in [-0.4, -0.2) is 23.0 Å². The number of urea groups is 1. The van der Waals surface area contributed by atoms with Crippen molar-refractivity contribution in [3.8, 4) is 0 Å². The first-order valence-electron chi connectivity index (χ1n) is 7.38. The van der Waals surface area contributed by atoms with Crippen LogP contribution in [0.1, 0.15) is 25.7 Å². The fraction of sp³-hybridized carbons (Fsp3) is 0.533. The van der Waals surface area contributed by atoms with Gasteiger partial charge in [0.15, 0.2) is 0 Å².